The van der Waals surface area contributed by atoms with E-state index in [-0.39, 0.29) is 5.69 Å². The maximum Gasteiger partial charge on any atom is 0.354 e. The van der Waals surface area contributed by atoms with Gasteiger partial charge in [0.25, 0.3) is 0 Å². The zero-order valence-electron chi connectivity index (χ0n) is 16.4. The van der Waals surface area contributed by atoms with Crippen LogP contribution in [0, 0.1) is 5.92 Å². The summed E-state index contributed by atoms with van der Waals surface area (Å²) in [6.45, 7) is 6.25. The summed E-state index contributed by atoms with van der Waals surface area (Å²) in [7, 11) is 0. The number of benzene rings is 1. The molecule has 1 aromatic heterocycles. The number of hydrogen-bond donors (Lipinski definition) is 1. The van der Waals surface area contributed by atoms with Gasteiger partial charge in [-0.3, -0.25) is 0 Å². The van der Waals surface area contributed by atoms with Gasteiger partial charge in [0.05, 0.1) is 6.61 Å². The largest absolute Gasteiger partial charge is 0.493 e. The van der Waals surface area contributed by atoms with Crippen molar-refractivity contribution in [2.75, 3.05) is 26.2 Å². The maximum atomic E-state index is 13.8. The highest BCUT2D eigenvalue weighted by atomic mass is 19.1. The van der Waals surface area contributed by atoms with Gasteiger partial charge in [-0.25, -0.2) is 14.2 Å². The van der Waals surface area contributed by atoms with E-state index in [9.17, 15) is 9.18 Å². The van der Waals surface area contributed by atoms with Gasteiger partial charge in [0.1, 0.15) is 17.1 Å². The predicted molar refractivity (Wildman–Crippen MR) is 106 cm³/mol. The van der Waals surface area contributed by atoms with Crippen LogP contribution in [0.2, 0.25) is 0 Å². The molecular weight excluding hydrogens is 359 g/mol. The number of pyridine rings is 1. The number of carboxylic acid groups (broad SMARTS) is 1. The summed E-state index contributed by atoms with van der Waals surface area (Å²) in [5.41, 5.74) is 0.706. The van der Waals surface area contributed by atoms with Crippen molar-refractivity contribution >= 4 is 5.97 Å². The summed E-state index contributed by atoms with van der Waals surface area (Å²) in [6, 6.07) is 11.0. The molecule has 2 heterocycles. The molecule has 1 aliphatic rings. The minimum Gasteiger partial charge on any atom is -0.493 e. The van der Waals surface area contributed by atoms with Crippen molar-refractivity contribution in [1.29, 1.82) is 0 Å². The van der Waals surface area contributed by atoms with Gasteiger partial charge in [0, 0.05) is 18.3 Å². The number of carboxylic acids is 1. The van der Waals surface area contributed by atoms with E-state index in [1.807, 2.05) is 24.3 Å². The number of likely N-dealkylation sites (tertiary alicyclic amines) is 1. The summed E-state index contributed by atoms with van der Waals surface area (Å²) in [6.07, 6.45) is 3.61. The fourth-order valence-corrected chi connectivity index (χ4v) is 3.49. The van der Waals surface area contributed by atoms with E-state index in [1.165, 1.54) is 6.07 Å². The van der Waals surface area contributed by atoms with Crippen LogP contribution in [-0.4, -0.2) is 52.9 Å². The van der Waals surface area contributed by atoms with Gasteiger partial charge in [0.15, 0.2) is 0 Å². The number of rotatable bonds is 7. The third-order valence-corrected chi connectivity index (χ3v) is 4.96. The molecule has 2 aromatic rings. The Hall–Kier alpha value is -2.47. The van der Waals surface area contributed by atoms with E-state index in [1.54, 1.807) is 26.1 Å². The van der Waals surface area contributed by atoms with Gasteiger partial charge in [-0.2, -0.15) is 0 Å². The molecule has 3 rings (SSSR count). The zero-order chi connectivity index (χ0) is 20.1. The Kier molecular flexibility index (Phi) is 6.29. The van der Waals surface area contributed by atoms with Crippen LogP contribution in [0.15, 0.2) is 42.6 Å². The van der Waals surface area contributed by atoms with Crippen LogP contribution >= 0.6 is 0 Å². The topological polar surface area (TPSA) is 62.7 Å². The first kappa shape index (κ1) is 20.3. The van der Waals surface area contributed by atoms with Gasteiger partial charge in [-0.05, 0) is 69.5 Å². The molecule has 0 saturated carbocycles. The molecule has 6 heteroatoms. The van der Waals surface area contributed by atoms with Crippen LogP contribution in [0.5, 0.6) is 5.75 Å². The number of nitrogens with zero attached hydrogens (tertiary/aromatic N) is 2. The van der Waals surface area contributed by atoms with Gasteiger partial charge in [0.2, 0.25) is 0 Å². The molecule has 1 aliphatic heterocycles. The minimum absolute atomic E-state index is 0.0322. The number of hydrogen-bond acceptors (Lipinski definition) is 4. The highest BCUT2D eigenvalue weighted by Gasteiger charge is 2.25. The molecule has 0 spiro atoms. The van der Waals surface area contributed by atoms with Crippen molar-refractivity contribution in [3.8, 4) is 16.9 Å². The summed E-state index contributed by atoms with van der Waals surface area (Å²) >= 11 is 0. The van der Waals surface area contributed by atoms with E-state index in [4.69, 9.17) is 9.84 Å². The molecule has 0 unspecified atom stereocenters. The van der Waals surface area contributed by atoms with Crippen molar-refractivity contribution in [2.24, 2.45) is 5.92 Å². The Balaban J connectivity index is 1.48. The predicted octanol–water partition coefficient (Wildman–Crippen LogP) is 4.29. The number of piperidine rings is 1. The quantitative estimate of drug-likeness (QED) is 0.769. The lowest BCUT2D eigenvalue weighted by Gasteiger charge is -2.34. The van der Waals surface area contributed by atoms with Crippen LogP contribution in [0.3, 0.4) is 0 Å². The van der Waals surface area contributed by atoms with E-state index in [0.717, 1.165) is 42.8 Å². The fraction of sp³-hybridized carbons (Fsp3) is 0.455. The first-order valence-corrected chi connectivity index (χ1v) is 9.64. The second kappa shape index (κ2) is 8.69. The van der Waals surface area contributed by atoms with E-state index >= 15 is 0 Å². The first-order valence-electron chi connectivity index (χ1n) is 9.64. The lowest BCUT2D eigenvalue weighted by atomic mass is 9.97. The number of carbonyl (C=O) groups is 1. The van der Waals surface area contributed by atoms with Crippen LogP contribution in [-0.2, 0) is 0 Å². The number of ether oxygens (including phenoxy) is 1. The third kappa shape index (κ3) is 5.76. The number of halogens is 1. The number of alkyl halides is 1. The highest BCUT2D eigenvalue weighted by molar-refractivity contribution is 5.85. The second-order valence-corrected chi connectivity index (χ2v) is 8.01. The van der Waals surface area contributed by atoms with E-state index < -0.39 is 11.6 Å². The van der Waals surface area contributed by atoms with Gasteiger partial charge < -0.3 is 14.7 Å². The molecule has 1 fully saturated rings. The van der Waals surface area contributed by atoms with Crippen LogP contribution in [0.1, 0.15) is 37.2 Å². The van der Waals surface area contributed by atoms with Crippen molar-refractivity contribution in [2.45, 2.75) is 32.4 Å². The Bertz CT molecular complexity index is 777. The monoisotopic (exact) mass is 386 g/mol. The van der Waals surface area contributed by atoms with Crippen LogP contribution in [0.25, 0.3) is 11.1 Å². The van der Waals surface area contributed by atoms with Gasteiger partial charge >= 0.3 is 5.97 Å². The summed E-state index contributed by atoms with van der Waals surface area (Å²) in [4.78, 5) is 17.0. The van der Waals surface area contributed by atoms with Gasteiger partial charge in [-0.1, -0.05) is 18.2 Å². The lowest BCUT2D eigenvalue weighted by Crippen LogP contribution is -2.41. The van der Waals surface area contributed by atoms with Gasteiger partial charge in [-0.15, -0.1) is 0 Å². The third-order valence-electron chi connectivity index (χ3n) is 4.96. The molecule has 1 N–H and O–H groups in total. The average Bonchev–Trinajstić information content (AvgIpc) is 2.67. The fourth-order valence-electron chi connectivity index (χ4n) is 3.49. The van der Waals surface area contributed by atoms with E-state index in [0.29, 0.717) is 19.1 Å². The Labute approximate surface area is 165 Å². The number of aromatic carboxylic acids is 1. The average molecular weight is 386 g/mol. The molecule has 1 saturated heterocycles. The van der Waals surface area contributed by atoms with Crippen molar-refractivity contribution in [3.63, 3.8) is 0 Å². The second-order valence-electron chi connectivity index (χ2n) is 8.01. The first-order chi connectivity index (χ1) is 13.3. The zero-order valence-corrected chi connectivity index (χ0v) is 16.4. The molecule has 0 amide bonds. The molecule has 1 aromatic carbocycles. The summed E-state index contributed by atoms with van der Waals surface area (Å²) in [5.74, 6) is 0.270. The Morgan fingerprint density at radius 3 is 2.36 bits per heavy atom. The molecule has 0 atom stereocenters. The SMILES string of the molecule is CC(C)(F)CN1CCC(COc2ccc(-c3ccc(C(=O)O)nc3)cc2)CC1. The lowest BCUT2D eigenvalue weighted by molar-refractivity contribution is 0.0690. The molecule has 0 radical (unpaired) electrons. The smallest absolute Gasteiger partial charge is 0.354 e. The summed E-state index contributed by atoms with van der Waals surface area (Å²) in [5, 5.41) is 8.92. The van der Waals surface area contributed by atoms with Crippen LogP contribution in [0.4, 0.5) is 4.39 Å². The van der Waals surface area contributed by atoms with E-state index in [2.05, 4.69) is 9.88 Å². The Morgan fingerprint density at radius 2 is 1.82 bits per heavy atom. The standard InChI is InChI=1S/C22H27FN2O3/c1-22(2,23)15-25-11-9-16(10-12-25)14-28-19-6-3-17(4-7-19)18-5-8-20(21(26)27)24-13-18/h3-8,13,16H,9-12,14-15H2,1-2H3,(H,26,27). The normalized spacial score (nSPS) is 16.1. The number of aromatic nitrogens is 1. The molecule has 5 nitrogen and oxygen atoms in total. The Morgan fingerprint density at radius 1 is 1.18 bits per heavy atom. The van der Waals surface area contributed by atoms with Crippen molar-refractivity contribution in [1.82, 2.24) is 9.88 Å². The summed E-state index contributed by atoms with van der Waals surface area (Å²) < 4.78 is 19.7. The maximum absolute atomic E-state index is 13.8. The molecule has 0 aliphatic carbocycles. The molecular formula is C22H27FN2O3. The highest BCUT2D eigenvalue weighted by Crippen LogP contribution is 2.24. The molecule has 150 valence electrons. The van der Waals surface area contributed by atoms with Crippen LogP contribution < -0.4 is 4.74 Å². The minimum atomic E-state index is -1.14. The molecule has 28 heavy (non-hydrogen) atoms. The molecule has 0 bridgehead atoms. The van der Waals surface area contributed by atoms with Crippen molar-refractivity contribution in [3.05, 3.63) is 48.3 Å². The van der Waals surface area contributed by atoms with Crippen molar-refractivity contribution < 1.29 is 19.0 Å².